The quantitative estimate of drug-likeness (QED) is 0.583. The van der Waals surface area contributed by atoms with E-state index in [2.05, 4.69) is 10.6 Å². The Kier molecular flexibility index (Phi) is 5.92. The van der Waals surface area contributed by atoms with Crippen LogP contribution in [0.5, 0.6) is 5.75 Å². The monoisotopic (exact) mass is 338 g/mol. The number of aromatic hydroxyl groups is 1. The summed E-state index contributed by atoms with van der Waals surface area (Å²) in [5, 5.41) is 14.2. The number of hydrogen-bond acceptors (Lipinski definition) is 3. The fraction of sp³-hybridized carbons (Fsp3) is 0.333. The third-order valence-electron chi connectivity index (χ3n) is 2.48. The van der Waals surface area contributed by atoms with Gasteiger partial charge in [0.25, 0.3) is 0 Å². The number of halogens is 3. The van der Waals surface area contributed by atoms with Gasteiger partial charge in [0, 0.05) is 5.02 Å². The van der Waals surface area contributed by atoms with Crippen molar-refractivity contribution in [1.82, 2.24) is 5.32 Å². The summed E-state index contributed by atoms with van der Waals surface area (Å²) < 4.78 is 0. The van der Waals surface area contributed by atoms with E-state index in [0.29, 0.717) is 10.6 Å². The van der Waals surface area contributed by atoms with Gasteiger partial charge in [0.2, 0.25) is 11.8 Å². The second-order valence-corrected chi connectivity index (χ2v) is 5.52. The van der Waals surface area contributed by atoms with Crippen LogP contribution < -0.4 is 10.6 Å². The highest BCUT2D eigenvalue weighted by molar-refractivity contribution is 6.37. The first-order valence-corrected chi connectivity index (χ1v) is 6.82. The standard InChI is InChI=1S/C12H13Cl3N2O3/c1-5-7(14)3-8(11(19)10(5)15)17-9(18)4-16-12(20)6(2)13/h3,6,19H,4H2,1-2H3,(H,16,20)(H,17,18). The molecule has 8 heteroatoms. The average Bonchev–Trinajstić information content (AvgIpc) is 2.39. The molecule has 0 spiro atoms. The fourth-order valence-electron chi connectivity index (χ4n) is 1.30. The first-order chi connectivity index (χ1) is 9.23. The molecule has 3 N–H and O–H groups in total. The van der Waals surface area contributed by atoms with Gasteiger partial charge in [-0.2, -0.15) is 0 Å². The highest BCUT2D eigenvalue weighted by atomic mass is 35.5. The third kappa shape index (κ3) is 4.16. The van der Waals surface area contributed by atoms with Crippen LogP contribution in [-0.2, 0) is 9.59 Å². The number of phenolic OH excluding ortho intramolecular Hbond substituents is 1. The van der Waals surface area contributed by atoms with Crippen LogP contribution in [0.4, 0.5) is 5.69 Å². The molecule has 0 radical (unpaired) electrons. The summed E-state index contributed by atoms with van der Waals surface area (Å²) in [7, 11) is 0. The Morgan fingerprint density at radius 1 is 1.40 bits per heavy atom. The molecule has 20 heavy (non-hydrogen) atoms. The van der Waals surface area contributed by atoms with Crippen molar-refractivity contribution >= 4 is 52.3 Å². The Labute approximate surface area is 131 Å². The van der Waals surface area contributed by atoms with Crippen LogP contribution in [0.1, 0.15) is 12.5 Å². The zero-order valence-electron chi connectivity index (χ0n) is 10.8. The van der Waals surface area contributed by atoms with E-state index in [-0.39, 0.29) is 23.0 Å². The molecule has 1 unspecified atom stereocenters. The highest BCUT2D eigenvalue weighted by Crippen LogP contribution is 2.38. The maximum absolute atomic E-state index is 11.6. The number of carbonyl (C=O) groups excluding carboxylic acids is 2. The van der Waals surface area contributed by atoms with E-state index in [1.165, 1.54) is 13.0 Å². The van der Waals surface area contributed by atoms with Crippen LogP contribution >= 0.6 is 34.8 Å². The lowest BCUT2D eigenvalue weighted by Crippen LogP contribution is -2.36. The molecule has 0 bridgehead atoms. The molecule has 0 fully saturated rings. The predicted octanol–water partition coefficient (Wildman–Crippen LogP) is 2.69. The first kappa shape index (κ1) is 16.9. The van der Waals surface area contributed by atoms with E-state index < -0.39 is 17.2 Å². The number of amides is 2. The number of alkyl halides is 1. The average molecular weight is 340 g/mol. The van der Waals surface area contributed by atoms with Crippen LogP contribution in [0.25, 0.3) is 0 Å². The summed E-state index contributed by atoms with van der Waals surface area (Å²) in [6.45, 7) is 2.84. The number of phenols is 1. The summed E-state index contributed by atoms with van der Waals surface area (Å²) in [6.07, 6.45) is 0. The van der Waals surface area contributed by atoms with Gasteiger partial charge in [0.15, 0.2) is 5.75 Å². The molecule has 0 aliphatic heterocycles. The Morgan fingerprint density at radius 3 is 2.55 bits per heavy atom. The largest absolute Gasteiger partial charge is 0.504 e. The second kappa shape index (κ2) is 7.02. The van der Waals surface area contributed by atoms with Crippen molar-refractivity contribution in [3.05, 3.63) is 21.7 Å². The zero-order chi connectivity index (χ0) is 15.4. The maximum Gasteiger partial charge on any atom is 0.243 e. The molecule has 0 aromatic heterocycles. The summed E-state index contributed by atoms with van der Waals surface area (Å²) in [5.74, 6) is -1.29. The van der Waals surface area contributed by atoms with Crippen LogP contribution in [0.2, 0.25) is 10.0 Å². The van der Waals surface area contributed by atoms with E-state index >= 15 is 0 Å². The van der Waals surface area contributed by atoms with Gasteiger partial charge in [0.05, 0.1) is 17.3 Å². The van der Waals surface area contributed by atoms with Gasteiger partial charge in [-0.15, -0.1) is 11.6 Å². The number of rotatable bonds is 4. The molecular formula is C12H13Cl3N2O3. The van der Waals surface area contributed by atoms with Gasteiger partial charge < -0.3 is 15.7 Å². The van der Waals surface area contributed by atoms with Crippen molar-refractivity contribution in [2.45, 2.75) is 19.2 Å². The van der Waals surface area contributed by atoms with Crippen molar-refractivity contribution in [3.8, 4) is 5.75 Å². The molecule has 2 amide bonds. The molecule has 1 atom stereocenters. The van der Waals surface area contributed by atoms with E-state index in [9.17, 15) is 14.7 Å². The normalized spacial score (nSPS) is 11.8. The minimum Gasteiger partial charge on any atom is -0.504 e. The minimum absolute atomic E-state index is 0.0613. The molecule has 0 aliphatic rings. The summed E-state index contributed by atoms with van der Waals surface area (Å²) in [4.78, 5) is 22.8. The van der Waals surface area contributed by atoms with Crippen molar-refractivity contribution in [2.75, 3.05) is 11.9 Å². The lowest BCUT2D eigenvalue weighted by molar-refractivity contribution is -0.123. The van der Waals surface area contributed by atoms with Crippen molar-refractivity contribution in [1.29, 1.82) is 0 Å². The van der Waals surface area contributed by atoms with Gasteiger partial charge in [-0.1, -0.05) is 23.2 Å². The van der Waals surface area contributed by atoms with Gasteiger partial charge in [0.1, 0.15) is 5.38 Å². The van der Waals surface area contributed by atoms with Crippen molar-refractivity contribution in [2.24, 2.45) is 0 Å². The predicted molar refractivity (Wildman–Crippen MR) is 79.8 cm³/mol. The molecule has 1 rings (SSSR count). The van der Waals surface area contributed by atoms with Crippen molar-refractivity contribution < 1.29 is 14.7 Å². The van der Waals surface area contributed by atoms with Gasteiger partial charge in [-0.05, 0) is 25.5 Å². The number of carbonyl (C=O) groups is 2. The zero-order valence-corrected chi connectivity index (χ0v) is 13.0. The minimum atomic E-state index is -0.737. The molecule has 0 saturated heterocycles. The first-order valence-electron chi connectivity index (χ1n) is 5.63. The van der Waals surface area contributed by atoms with Gasteiger partial charge in [-0.3, -0.25) is 9.59 Å². The van der Waals surface area contributed by atoms with E-state index in [0.717, 1.165) is 0 Å². The Morgan fingerprint density at radius 2 is 2.00 bits per heavy atom. The number of anilines is 1. The second-order valence-electron chi connectivity index (χ2n) is 4.08. The Balaban J connectivity index is 2.75. The van der Waals surface area contributed by atoms with E-state index in [1.807, 2.05) is 0 Å². The molecule has 0 aliphatic carbocycles. The molecule has 0 heterocycles. The van der Waals surface area contributed by atoms with E-state index in [4.69, 9.17) is 34.8 Å². The molecule has 5 nitrogen and oxygen atoms in total. The lowest BCUT2D eigenvalue weighted by atomic mass is 10.2. The molecule has 1 aromatic carbocycles. The highest BCUT2D eigenvalue weighted by Gasteiger charge is 2.15. The molecular weight excluding hydrogens is 327 g/mol. The Bertz CT molecular complexity index is 547. The summed E-state index contributed by atoms with van der Waals surface area (Å²) in [5.41, 5.74) is 0.580. The number of hydrogen-bond donors (Lipinski definition) is 3. The maximum atomic E-state index is 11.6. The van der Waals surface area contributed by atoms with Crippen LogP contribution in [0.15, 0.2) is 6.07 Å². The van der Waals surface area contributed by atoms with Crippen LogP contribution in [0, 0.1) is 6.92 Å². The fourth-order valence-corrected chi connectivity index (χ4v) is 1.83. The summed E-state index contributed by atoms with van der Waals surface area (Å²) >= 11 is 17.3. The van der Waals surface area contributed by atoms with Crippen LogP contribution in [0.3, 0.4) is 0 Å². The molecule has 110 valence electrons. The smallest absolute Gasteiger partial charge is 0.243 e. The molecule has 0 saturated carbocycles. The number of nitrogens with one attached hydrogen (secondary N) is 2. The summed E-state index contributed by atoms with van der Waals surface area (Å²) in [6, 6.07) is 1.38. The number of benzene rings is 1. The van der Waals surface area contributed by atoms with E-state index in [1.54, 1.807) is 6.92 Å². The Hall–Kier alpha value is -1.17. The van der Waals surface area contributed by atoms with Gasteiger partial charge in [-0.25, -0.2) is 0 Å². The lowest BCUT2D eigenvalue weighted by Gasteiger charge is -2.12. The third-order valence-corrected chi connectivity index (χ3v) is 3.53. The topological polar surface area (TPSA) is 78.4 Å². The molecule has 1 aromatic rings. The van der Waals surface area contributed by atoms with Gasteiger partial charge >= 0.3 is 0 Å². The SMILES string of the molecule is Cc1c(Cl)cc(NC(=O)CNC(=O)C(C)Cl)c(O)c1Cl. The van der Waals surface area contributed by atoms with Crippen molar-refractivity contribution in [3.63, 3.8) is 0 Å². The van der Waals surface area contributed by atoms with Crippen LogP contribution in [-0.4, -0.2) is 28.8 Å².